The summed E-state index contributed by atoms with van der Waals surface area (Å²) in [7, 11) is 0. The van der Waals surface area contributed by atoms with E-state index >= 15 is 0 Å². The molecule has 1 heterocycles. The summed E-state index contributed by atoms with van der Waals surface area (Å²) in [5.74, 6) is 0.921. The number of hydrogen-bond acceptors (Lipinski definition) is 3. The SMILES string of the molecule is CCNC(c1ccc(OC(C)C)cc1)c1sccc1Br. The molecule has 2 aromatic rings. The van der Waals surface area contributed by atoms with E-state index in [9.17, 15) is 0 Å². The van der Waals surface area contributed by atoms with Crippen LogP contribution in [-0.2, 0) is 0 Å². The van der Waals surface area contributed by atoms with Crippen LogP contribution in [0.25, 0.3) is 0 Å². The predicted octanol–water partition coefficient (Wildman–Crippen LogP) is 5.00. The van der Waals surface area contributed by atoms with Gasteiger partial charge >= 0.3 is 0 Å². The number of halogens is 1. The summed E-state index contributed by atoms with van der Waals surface area (Å²) in [5, 5.41) is 5.65. The van der Waals surface area contributed by atoms with Gasteiger partial charge in [-0.05, 0) is 65.5 Å². The zero-order valence-electron chi connectivity index (χ0n) is 12.0. The van der Waals surface area contributed by atoms with Crippen molar-refractivity contribution in [3.05, 3.63) is 50.6 Å². The molecule has 20 heavy (non-hydrogen) atoms. The first-order chi connectivity index (χ1) is 9.61. The van der Waals surface area contributed by atoms with Crippen LogP contribution in [0.5, 0.6) is 5.75 Å². The molecule has 0 bridgehead atoms. The minimum Gasteiger partial charge on any atom is -0.491 e. The van der Waals surface area contributed by atoms with E-state index in [0.29, 0.717) is 0 Å². The van der Waals surface area contributed by atoms with Gasteiger partial charge in [0.15, 0.2) is 0 Å². The first-order valence-corrected chi connectivity index (χ1v) is 8.52. The van der Waals surface area contributed by atoms with Gasteiger partial charge in [-0.2, -0.15) is 0 Å². The van der Waals surface area contributed by atoms with Crippen LogP contribution < -0.4 is 10.1 Å². The second-order valence-electron chi connectivity index (χ2n) is 4.86. The molecule has 0 saturated carbocycles. The van der Waals surface area contributed by atoms with Gasteiger partial charge in [-0.15, -0.1) is 11.3 Å². The van der Waals surface area contributed by atoms with Crippen molar-refractivity contribution in [1.82, 2.24) is 5.32 Å². The largest absolute Gasteiger partial charge is 0.491 e. The fourth-order valence-electron chi connectivity index (χ4n) is 2.09. The molecule has 0 fully saturated rings. The summed E-state index contributed by atoms with van der Waals surface area (Å²) < 4.78 is 6.86. The Kier molecular flexibility index (Phi) is 5.64. The van der Waals surface area contributed by atoms with E-state index in [1.54, 1.807) is 11.3 Å². The van der Waals surface area contributed by atoms with E-state index in [2.05, 4.69) is 51.7 Å². The van der Waals surface area contributed by atoms with Gasteiger partial charge in [-0.3, -0.25) is 0 Å². The van der Waals surface area contributed by atoms with Gasteiger partial charge in [0.05, 0.1) is 12.1 Å². The molecule has 4 heteroatoms. The van der Waals surface area contributed by atoms with E-state index in [1.807, 2.05) is 26.0 Å². The van der Waals surface area contributed by atoms with Gasteiger partial charge in [0.25, 0.3) is 0 Å². The zero-order chi connectivity index (χ0) is 14.5. The summed E-state index contributed by atoms with van der Waals surface area (Å²) in [6.07, 6.45) is 0.205. The lowest BCUT2D eigenvalue weighted by Gasteiger charge is -2.18. The van der Waals surface area contributed by atoms with Crippen LogP contribution in [0, 0.1) is 0 Å². The van der Waals surface area contributed by atoms with Crippen LogP contribution in [0.15, 0.2) is 40.2 Å². The molecule has 0 aliphatic carbocycles. The highest BCUT2D eigenvalue weighted by molar-refractivity contribution is 9.10. The predicted molar refractivity (Wildman–Crippen MR) is 89.7 cm³/mol. The minimum absolute atomic E-state index is 0.205. The van der Waals surface area contributed by atoms with E-state index in [1.165, 1.54) is 10.4 Å². The maximum atomic E-state index is 5.70. The van der Waals surface area contributed by atoms with E-state index < -0.39 is 0 Å². The quantitative estimate of drug-likeness (QED) is 0.789. The standard InChI is InChI=1S/C16H20BrNOS/c1-4-18-15(16-14(17)9-10-20-16)12-5-7-13(8-6-12)19-11(2)3/h5-11,15,18H,4H2,1-3H3. The Bertz CT molecular complexity index is 536. The van der Waals surface area contributed by atoms with Gasteiger partial charge < -0.3 is 10.1 Å². The second kappa shape index (κ2) is 7.25. The maximum absolute atomic E-state index is 5.70. The zero-order valence-corrected chi connectivity index (χ0v) is 14.4. The molecule has 1 aromatic heterocycles. The van der Waals surface area contributed by atoms with Crippen molar-refractivity contribution >= 4 is 27.3 Å². The van der Waals surface area contributed by atoms with Crippen molar-refractivity contribution in [3.8, 4) is 5.75 Å². The average molecular weight is 354 g/mol. The molecule has 2 nitrogen and oxygen atoms in total. The average Bonchev–Trinajstić information content (AvgIpc) is 2.83. The molecule has 1 unspecified atom stereocenters. The number of nitrogens with one attached hydrogen (secondary N) is 1. The Morgan fingerprint density at radius 2 is 1.90 bits per heavy atom. The highest BCUT2D eigenvalue weighted by Crippen LogP contribution is 2.33. The van der Waals surface area contributed by atoms with Gasteiger partial charge in [0.1, 0.15) is 5.75 Å². The van der Waals surface area contributed by atoms with E-state index in [0.717, 1.165) is 16.8 Å². The molecule has 1 atom stereocenters. The summed E-state index contributed by atoms with van der Waals surface area (Å²) >= 11 is 5.39. The third kappa shape index (κ3) is 3.84. The monoisotopic (exact) mass is 353 g/mol. The Morgan fingerprint density at radius 3 is 2.40 bits per heavy atom. The number of ether oxygens (including phenoxy) is 1. The topological polar surface area (TPSA) is 21.3 Å². The van der Waals surface area contributed by atoms with Gasteiger partial charge in [0, 0.05) is 9.35 Å². The summed E-state index contributed by atoms with van der Waals surface area (Å²) in [6.45, 7) is 7.14. The highest BCUT2D eigenvalue weighted by atomic mass is 79.9. The molecule has 1 aromatic carbocycles. The van der Waals surface area contributed by atoms with Crippen molar-refractivity contribution in [2.75, 3.05) is 6.54 Å². The summed E-state index contributed by atoms with van der Waals surface area (Å²) in [4.78, 5) is 1.31. The van der Waals surface area contributed by atoms with Crippen molar-refractivity contribution < 1.29 is 4.74 Å². The Balaban J connectivity index is 2.24. The number of hydrogen-bond donors (Lipinski definition) is 1. The van der Waals surface area contributed by atoms with Crippen molar-refractivity contribution in [3.63, 3.8) is 0 Å². The molecule has 0 saturated heterocycles. The lowest BCUT2D eigenvalue weighted by Crippen LogP contribution is -2.21. The fraction of sp³-hybridized carbons (Fsp3) is 0.375. The summed E-state index contributed by atoms with van der Waals surface area (Å²) in [5.41, 5.74) is 1.26. The first-order valence-electron chi connectivity index (χ1n) is 6.84. The van der Waals surface area contributed by atoms with Crippen LogP contribution in [0.3, 0.4) is 0 Å². The Hall–Kier alpha value is -0.840. The first kappa shape index (κ1) is 15.5. The van der Waals surface area contributed by atoms with Gasteiger partial charge in [-0.1, -0.05) is 19.1 Å². The Labute approximate surface area is 133 Å². The van der Waals surface area contributed by atoms with Crippen LogP contribution in [-0.4, -0.2) is 12.6 Å². The molecular formula is C16H20BrNOS. The molecule has 108 valence electrons. The molecule has 0 amide bonds. The van der Waals surface area contributed by atoms with Crippen LogP contribution in [0.1, 0.15) is 37.3 Å². The Morgan fingerprint density at radius 1 is 1.20 bits per heavy atom. The van der Waals surface area contributed by atoms with Crippen molar-refractivity contribution in [1.29, 1.82) is 0 Å². The molecule has 1 N–H and O–H groups in total. The molecule has 2 rings (SSSR count). The van der Waals surface area contributed by atoms with Crippen LogP contribution >= 0.6 is 27.3 Å². The normalized spacial score (nSPS) is 12.7. The van der Waals surface area contributed by atoms with Gasteiger partial charge in [0.2, 0.25) is 0 Å². The molecule has 0 spiro atoms. The molecule has 0 radical (unpaired) electrons. The summed E-state index contributed by atoms with van der Waals surface area (Å²) in [6, 6.07) is 10.7. The van der Waals surface area contributed by atoms with E-state index in [4.69, 9.17) is 4.74 Å². The minimum atomic E-state index is 0.205. The molecular weight excluding hydrogens is 334 g/mol. The number of benzene rings is 1. The van der Waals surface area contributed by atoms with Crippen LogP contribution in [0.2, 0.25) is 0 Å². The molecule has 0 aliphatic heterocycles. The second-order valence-corrected chi connectivity index (χ2v) is 6.66. The number of rotatable bonds is 6. The van der Waals surface area contributed by atoms with Crippen molar-refractivity contribution in [2.24, 2.45) is 0 Å². The van der Waals surface area contributed by atoms with Crippen LogP contribution in [0.4, 0.5) is 0 Å². The third-order valence-corrected chi connectivity index (χ3v) is 4.84. The smallest absolute Gasteiger partial charge is 0.119 e. The third-order valence-electron chi connectivity index (χ3n) is 2.90. The van der Waals surface area contributed by atoms with Crippen molar-refractivity contribution in [2.45, 2.75) is 32.9 Å². The number of thiophene rings is 1. The fourth-order valence-corrected chi connectivity index (χ4v) is 3.79. The lowest BCUT2D eigenvalue weighted by atomic mass is 10.1. The lowest BCUT2D eigenvalue weighted by molar-refractivity contribution is 0.242. The maximum Gasteiger partial charge on any atom is 0.119 e. The van der Waals surface area contributed by atoms with Gasteiger partial charge in [-0.25, -0.2) is 0 Å². The van der Waals surface area contributed by atoms with E-state index in [-0.39, 0.29) is 12.1 Å². The highest BCUT2D eigenvalue weighted by Gasteiger charge is 2.17. The molecule has 0 aliphatic rings.